The van der Waals surface area contributed by atoms with Crippen LogP contribution >= 0.6 is 31.9 Å². The quantitative estimate of drug-likeness (QED) is 0.354. The van der Waals surface area contributed by atoms with E-state index in [1.54, 1.807) is 12.1 Å². The molecule has 0 bridgehead atoms. The summed E-state index contributed by atoms with van der Waals surface area (Å²) in [5.74, 6) is 2.23. The number of amides is 2. The first-order chi connectivity index (χ1) is 16.7. The van der Waals surface area contributed by atoms with Crippen molar-refractivity contribution in [3.63, 3.8) is 0 Å². The first-order valence-corrected chi connectivity index (χ1v) is 13.7. The molecule has 0 spiro atoms. The molecular weight excluding hydrogens is 576 g/mol. The number of rotatable bonds is 8. The lowest BCUT2D eigenvalue weighted by molar-refractivity contribution is 0.0718. The van der Waals surface area contributed by atoms with Gasteiger partial charge in [-0.1, -0.05) is 27.7 Å². The molecule has 0 atom stereocenters. The van der Waals surface area contributed by atoms with Crippen LogP contribution in [0.25, 0.3) is 0 Å². The molecule has 2 aromatic carbocycles. The van der Waals surface area contributed by atoms with E-state index < -0.39 is 0 Å². The van der Waals surface area contributed by atoms with Crippen LogP contribution in [0.2, 0.25) is 0 Å². The Morgan fingerprint density at radius 1 is 0.743 bits per heavy atom. The summed E-state index contributed by atoms with van der Waals surface area (Å²) in [4.78, 5) is 30.0. The third kappa shape index (κ3) is 7.71. The van der Waals surface area contributed by atoms with Crippen LogP contribution < -0.4 is 9.47 Å². The summed E-state index contributed by atoms with van der Waals surface area (Å²) in [6.07, 6.45) is 0.727. The smallest absolute Gasteiger partial charge is 0.253 e. The van der Waals surface area contributed by atoms with Crippen molar-refractivity contribution in [3.8, 4) is 11.5 Å². The lowest BCUT2D eigenvalue weighted by Crippen LogP contribution is -2.37. The average molecular weight is 610 g/mol. The zero-order valence-corrected chi connectivity index (χ0v) is 24.0. The van der Waals surface area contributed by atoms with Crippen LogP contribution in [0.3, 0.4) is 0 Å². The van der Waals surface area contributed by atoms with Gasteiger partial charge in [-0.05, 0) is 86.5 Å². The summed E-state index contributed by atoms with van der Waals surface area (Å²) >= 11 is 7.05. The van der Waals surface area contributed by atoms with Crippen molar-refractivity contribution in [2.75, 3.05) is 39.4 Å². The number of ether oxygens (including phenoxy) is 2. The molecular formula is C27H34Br2N2O4. The second-order valence-corrected chi connectivity index (χ2v) is 11.3. The van der Waals surface area contributed by atoms with E-state index in [9.17, 15) is 9.59 Å². The highest BCUT2D eigenvalue weighted by atomic mass is 79.9. The second-order valence-electron chi connectivity index (χ2n) is 9.64. The molecule has 1 fully saturated rings. The zero-order valence-electron chi connectivity index (χ0n) is 20.9. The highest BCUT2D eigenvalue weighted by molar-refractivity contribution is 9.10. The number of hydrogen-bond acceptors (Lipinski definition) is 4. The minimum Gasteiger partial charge on any atom is -0.492 e. The molecule has 35 heavy (non-hydrogen) atoms. The van der Waals surface area contributed by atoms with Gasteiger partial charge in [-0.3, -0.25) is 9.59 Å². The van der Waals surface area contributed by atoms with Crippen molar-refractivity contribution < 1.29 is 19.1 Å². The highest BCUT2D eigenvalue weighted by Gasteiger charge is 2.24. The molecule has 0 saturated carbocycles. The van der Waals surface area contributed by atoms with Crippen molar-refractivity contribution in [2.24, 2.45) is 11.8 Å². The normalized spacial score (nSPS) is 14.3. The van der Waals surface area contributed by atoms with Gasteiger partial charge in [0.2, 0.25) is 0 Å². The van der Waals surface area contributed by atoms with Gasteiger partial charge >= 0.3 is 0 Å². The molecule has 1 aliphatic rings. The van der Waals surface area contributed by atoms with Crippen molar-refractivity contribution in [1.82, 2.24) is 9.80 Å². The van der Waals surface area contributed by atoms with E-state index in [0.717, 1.165) is 26.9 Å². The topological polar surface area (TPSA) is 59.1 Å². The summed E-state index contributed by atoms with van der Waals surface area (Å²) in [7, 11) is 0. The standard InChI is InChI=1S/C27H34Br2N2O4/c1-18(2)16-34-24-8-6-20(14-22(24)28)26(32)30-10-5-11-31(13-12-30)27(33)21-7-9-25(23(29)15-21)35-17-19(3)4/h6-9,14-15,18-19H,5,10-13,16-17H2,1-4H3. The molecule has 3 rings (SSSR count). The number of carbonyl (C=O) groups is 2. The van der Waals surface area contributed by atoms with E-state index >= 15 is 0 Å². The van der Waals surface area contributed by atoms with Crippen LogP contribution in [0.4, 0.5) is 0 Å². The Morgan fingerprint density at radius 3 is 1.49 bits per heavy atom. The largest absolute Gasteiger partial charge is 0.492 e. The van der Waals surface area contributed by atoms with Crippen molar-refractivity contribution >= 4 is 43.7 Å². The maximum atomic E-state index is 13.2. The Hall–Kier alpha value is -2.06. The Bertz CT molecular complexity index is 960. The molecule has 0 unspecified atom stereocenters. The number of nitrogens with zero attached hydrogens (tertiary/aromatic N) is 2. The molecule has 190 valence electrons. The van der Waals surface area contributed by atoms with Crippen LogP contribution in [0.1, 0.15) is 54.8 Å². The van der Waals surface area contributed by atoms with Crippen molar-refractivity contribution in [2.45, 2.75) is 34.1 Å². The maximum absolute atomic E-state index is 13.2. The van der Waals surface area contributed by atoms with E-state index in [4.69, 9.17) is 9.47 Å². The Labute approximate surface area is 225 Å². The molecule has 0 radical (unpaired) electrons. The summed E-state index contributed by atoms with van der Waals surface area (Å²) in [5, 5.41) is 0. The Morgan fingerprint density at radius 2 is 1.14 bits per heavy atom. The third-order valence-electron chi connectivity index (χ3n) is 5.57. The summed E-state index contributed by atoms with van der Waals surface area (Å²) in [6, 6.07) is 10.9. The first kappa shape index (κ1) is 27.5. The van der Waals surface area contributed by atoms with Crippen LogP contribution in [-0.2, 0) is 0 Å². The van der Waals surface area contributed by atoms with Crippen LogP contribution in [0, 0.1) is 11.8 Å². The van der Waals surface area contributed by atoms with E-state index in [1.807, 2.05) is 34.1 Å². The predicted octanol–water partition coefficient (Wildman–Crippen LogP) is 6.27. The van der Waals surface area contributed by atoms with Crippen LogP contribution in [-0.4, -0.2) is 61.0 Å². The lowest BCUT2D eigenvalue weighted by atomic mass is 10.2. The number of hydrogen-bond donors (Lipinski definition) is 0. The average Bonchev–Trinajstić information content (AvgIpc) is 3.07. The molecule has 1 saturated heterocycles. The molecule has 6 nitrogen and oxygen atoms in total. The number of halogens is 2. The van der Waals surface area contributed by atoms with Gasteiger partial charge in [-0.2, -0.15) is 0 Å². The van der Waals surface area contributed by atoms with E-state index in [1.165, 1.54) is 0 Å². The maximum Gasteiger partial charge on any atom is 0.253 e. The number of benzene rings is 2. The monoisotopic (exact) mass is 608 g/mol. The summed E-state index contributed by atoms with van der Waals surface area (Å²) in [6.45, 7) is 11.8. The zero-order chi connectivity index (χ0) is 25.5. The Balaban J connectivity index is 1.61. The van der Waals surface area contributed by atoms with E-state index in [-0.39, 0.29) is 11.8 Å². The minimum absolute atomic E-state index is 0.0372. The molecule has 1 heterocycles. The Kier molecular flexibility index (Phi) is 10.0. The van der Waals surface area contributed by atoms with Crippen molar-refractivity contribution in [1.29, 1.82) is 0 Å². The molecule has 2 amide bonds. The van der Waals surface area contributed by atoms with E-state index in [0.29, 0.717) is 62.4 Å². The van der Waals surface area contributed by atoms with Crippen LogP contribution in [0.15, 0.2) is 45.3 Å². The van der Waals surface area contributed by atoms with Gasteiger partial charge in [0.05, 0.1) is 22.2 Å². The summed E-state index contributed by atoms with van der Waals surface area (Å²) < 4.78 is 13.1. The summed E-state index contributed by atoms with van der Waals surface area (Å²) in [5.41, 5.74) is 1.21. The molecule has 0 aromatic heterocycles. The van der Waals surface area contributed by atoms with E-state index in [2.05, 4.69) is 59.6 Å². The molecule has 2 aromatic rings. The third-order valence-corrected chi connectivity index (χ3v) is 6.81. The van der Waals surface area contributed by atoms with Gasteiger partial charge in [0.25, 0.3) is 11.8 Å². The minimum atomic E-state index is -0.0372. The fraction of sp³-hybridized carbons (Fsp3) is 0.481. The van der Waals surface area contributed by atoms with Crippen molar-refractivity contribution in [3.05, 3.63) is 56.5 Å². The fourth-order valence-corrected chi connectivity index (χ4v) is 4.69. The SMILES string of the molecule is CC(C)COc1ccc(C(=O)N2CCCN(C(=O)c3ccc(OCC(C)C)c(Br)c3)CC2)cc1Br. The second kappa shape index (κ2) is 12.8. The van der Waals surface area contributed by atoms with Gasteiger partial charge in [0, 0.05) is 37.3 Å². The lowest BCUT2D eigenvalue weighted by Gasteiger charge is -2.23. The molecule has 1 aliphatic heterocycles. The molecule has 0 aliphatic carbocycles. The van der Waals surface area contributed by atoms with Crippen LogP contribution in [0.5, 0.6) is 11.5 Å². The van der Waals surface area contributed by atoms with Gasteiger partial charge in [0.15, 0.2) is 0 Å². The molecule has 0 N–H and O–H groups in total. The van der Waals surface area contributed by atoms with Gasteiger partial charge in [-0.25, -0.2) is 0 Å². The van der Waals surface area contributed by atoms with Gasteiger partial charge in [-0.15, -0.1) is 0 Å². The first-order valence-electron chi connectivity index (χ1n) is 12.1. The van der Waals surface area contributed by atoms with Gasteiger partial charge < -0.3 is 19.3 Å². The highest BCUT2D eigenvalue weighted by Crippen LogP contribution is 2.28. The fourth-order valence-electron chi connectivity index (χ4n) is 3.70. The predicted molar refractivity (Wildman–Crippen MR) is 145 cm³/mol. The molecule has 8 heteroatoms. The van der Waals surface area contributed by atoms with Gasteiger partial charge in [0.1, 0.15) is 11.5 Å². The number of carbonyl (C=O) groups excluding carboxylic acids is 2.